The Bertz CT molecular complexity index is 424. The monoisotopic (exact) mass is 296 g/mol. The van der Waals surface area contributed by atoms with Crippen molar-refractivity contribution in [1.29, 1.82) is 0 Å². The van der Waals surface area contributed by atoms with Crippen LogP contribution in [0.15, 0.2) is 4.52 Å². The number of ether oxygens (including phenoxy) is 1. The highest BCUT2D eigenvalue weighted by molar-refractivity contribution is 5.01. The highest BCUT2D eigenvalue weighted by Crippen LogP contribution is 2.25. The molecule has 1 fully saturated rings. The Balaban J connectivity index is 2.05. The van der Waals surface area contributed by atoms with Gasteiger partial charge in [0.1, 0.15) is 6.10 Å². The third-order valence-corrected chi connectivity index (χ3v) is 4.23. The minimum atomic E-state index is -0.0665. The molecule has 1 aromatic heterocycles. The van der Waals surface area contributed by atoms with Crippen LogP contribution in [0.1, 0.15) is 57.9 Å². The summed E-state index contributed by atoms with van der Waals surface area (Å²) in [6, 6.07) is 0.327. The molecular formula is C15H28N4O2. The second-order valence-electron chi connectivity index (χ2n) is 5.60. The summed E-state index contributed by atoms with van der Waals surface area (Å²) < 4.78 is 11.3. The molecule has 1 aliphatic heterocycles. The van der Waals surface area contributed by atoms with Gasteiger partial charge in [0.25, 0.3) is 0 Å². The molecule has 0 aliphatic carbocycles. The SMILES string of the molecule is CCNC(C)C(CC)c1nc(C2CN(CC)CCO2)no1. The second kappa shape index (κ2) is 7.87. The zero-order valence-corrected chi connectivity index (χ0v) is 13.6. The maximum atomic E-state index is 5.79. The standard InChI is InChI=1S/C15H28N4O2/c1-5-12(11(4)16-6-2)15-17-14(18-21-15)13-10-19(7-3)8-9-20-13/h11-13,16H,5-10H2,1-4H3. The maximum absolute atomic E-state index is 5.79. The molecule has 6 heteroatoms. The van der Waals surface area contributed by atoms with Crippen molar-refractivity contribution in [3.05, 3.63) is 11.7 Å². The summed E-state index contributed by atoms with van der Waals surface area (Å²) >= 11 is 0. The van der Waals surface area contributed by atoms with Gasteiger partial charge in [-0.05, 0) is 26.4 Å². The van der Waals surface area contributed by atoms with Gasteiger partial charge in [0.05, 0.1) is 12.5 Å². The van der Waals surface area contributed by atoms with Crippen LogP contribution in [0.4, 0.5) is 0 Å². The van der Waals surface area contributed by atoms with E-state index >= 15 is 0 Å². The molecule has 2 rings (SSSR count). The first-order chi connectivity index (χ1) is 10.2. The van der Waals surface area contributed by atoms with Gasteiger partial charge < -0.3 is 14.6 Å². The summed E-state index contributed by atoms with van der Waals surface area (Å²) in [7, 11) is 0. The topological polar surface area (TPSA) is 63.4 Å². The zero-order chi connectivity index (χ0) is 15.2. The summed E-state index contributed by atoms with van der Waals surface area (Å²) in [6.45, 7) is 13.1. The van der Waals surface area contributed by atoms with E-state index in [0.29, 0.717) is 11.9 Å². The fourth-order valence-corrected chi connectivity index (χ4v) is 2.88. The lowest BCUT2D eigenvalue weighted by molar-refractivity contribution is -0.0334. The normalized spacial score (nSPS) is 23.1. The third-order valence-electron chi connectivity index (χ3n) is 4.23. The first-order valence-electron chi connectivity index (χ1n) is 8.10. The Morgan fingerprint density at radius 2 is 2.19 bits per heavy atom. The number of nitrogens with zero attached hydrogens (tertiary/aromatic N) is 3. The van der Waals surface area contributed by atoms with Crippen LogP contribution in [0.2, 0.25) is 0 Å². The lowest BCUT2D eigenvalue weighted by Crippen LogP contribution is -2.38. The van der Waals surface area contributed by atoms with Gasteiger partial charge in [-0.1, -0.05) is 25.9 Å². The molecule has 6 nitrogen and oxygen atoms in total. The molecule has 2 heterocycles. The van der Waals surface area contributed by atoms with Gasteiger partial charge in [-0.15, -0.1) is 0 Å². The maximum Gasteiger partial charge on any atom is 0.231 e. The Labute approximate surface area is 127 Å². The molecule has 1 aromatic rings. The number of rotatable bonds is 7. The molecule has 1 saturated heterocycles. The van der Waals surface area contributed by atoms with E-state index in [1.165, 1.54) is 0 Å². The number of nitrogens with one attached hydrogen (secondary N) is 1. The van der Waals surface area contributed by atoms with Crippen molar-refractivity contribution in [1.82, 2.24) is 20.4 Å². The average Bonchev–Trinajstić information content (AvgIpc) is 2.98. The van der Waals surface area contributed by atoms with Crippen molar-refractivity contribution in [2.24, 2.45) is 0 Å². The minimum Gasteiger partial charge on any atom is -0.367 e. The summed E-state index contributed by atoms with van der Waals surface area (Å²) in [5.41, 5.74) is 0. The van der Waals surface area contributed by atoms with Crippen molar-refractivity contribution >= 4 is 0 Å². The molecular weight excluding hydrogens is 268 g/mol. The Hall–Kier alpha value is -0.980. The van der Waals surface area contributed by atoms with E-state index in [1.807, 2.05) is 0 Å². The van der Waals surface area contributed by atoms with Crippen molar-refractivity contribution in [2.75, 3.05) is 32.8 Å². The number of hydrogen-bond acceptors (Lipinski definition) is 6. The summed E-state index contributed by atoms with van der Waals surface area (Å²) in [6.07, 6.45) is 0.908. The first-order valence-corrected chi connectivity index (χ1v) is 8.10. The van der Waals surface area contributed by atoms with E-state index in [2.05, 4.69) is 48.1 Å². The predicted octanol–water partition coefficient (Wildman–Crippen LogP) is 1.95. The smallest absolute Gasteiger partial charge is 0.231 e. The second-order valence-corrected chi connectivity index (χ2v) is 5.60. The lowest BCUT2D eigenvalue weighted by Gasteiger charge is -2.30. The fourth-order valence-electron chi connectivity index (χ4n) is 2.88. The average molecular weight is 296 g/mol. The first kappa shape index (κ1) is 16.4. The highest BCUT2D eigenvalue weighted by Gasteiger charge is 2.28. The van der Waals surface area contributed by atoms with Gasteiger partial charge in [-0.3, -0.25) is 4.90 Å². The molecule has 1 N–H and O–H groups in total. The molecule has 0 aromatic carbocycles. The van der Waals surface area contributed by atoms with Crippen LogP contribution >= 0.6 is 0 Å². The van der Waals surface area contributed by atoms with E-state index < -0.39 is 0 Å². The molecule has 0 bridgehead atoms. The van der Waals surface area contributed by atoms with Gasteiger partial charge >= 0.3 is 0 Å². The van der Waals surface area contributed by atoms with Crippen LogP contribution in [-0.4, -0.2) is 53.9 Å². The van der Waals surface area contributed by atoms with E-state index in [1.54, 1.807) is 0 Å². The Morgan fingerprint density at radius 1 is 1.38 bits per heavy atom. The summed E-state index contributed by atoms with van der Waals surface area (Å²) in [5.74, 6) is 1.65. The van der Waals surface area contributed by atoms with E-state index in [9.17, 15) is 0 Å². The largest absolute Gasteiger partial charge is 0.367 e. The van der Waals surface area contributed by atoms with E-state index in [4.69, 9.17) is 9.26 Å². The molecule has 0 radical (unpaired) electrons. The van der Waals surface area contributed by atoms with E-state index in [-0.39, 0.29) is 12.0 Å². The highest BCUT2D eigenvalue weighted by atomic mass is 16.5. The predicted molar refractivity (Wildman–Crippen MR) is 81.3 cm³/mol. The minimum absolute atomic E-state index is 0.0665. The number of aromatic nitrogens is 2. The molecule has 0 saturated carbocycles. The van der Waals surface area contributed by atoms with Crippen LogP contribution < -0.4 is 5.32 Å². The zero-order valence-electron chi connectivity index (χ0n) is 13.6. The molecule has 3 unspecified atom stereocenters. The lowest BCUT2D eigenvalue weighted by atomic mass is 9.98. The number of hydrogen-bond donors (Lipinski definition) is 1. The number of morpholine rings is 1. The molecule has 3 atom stereocenters. The van der Waals surface area contributed by atoms with Crippen LogP contribution in [-0.2, 0) is 4.74 Å². The van der Waals surface area contributed by atoms with Crippen molar-refractivity contribution < 1.29 is 9.26 Å². The van der Waals surface area contributed by atoms with E-state index in [0.717, 1.165) is 45.1 Å². The van der Waals surface area contributed by atoms with Crippen LogP contribution in [0.3, 0.4) is 0 Å². The van der Waals surface area contributed by atoms with Crippen LogP contribution in [0, 0.1) is 0 Å². The molecule has 0 spiro atoms. The Kier molecular flexibility index (Phi) is 6.14. The van der Waals surface area contributed by atoms with Crippen LogP contribution in [0.5, 0.6) is 0 Å². The fraction of sp³-hybridized carbons (Fsp3) is 0.867. The summed E-state index contributed by atoms with van der Waals surface area (Å²) in [5, 5.41) is 7.59. The molecule has 0 amide bonds. The number of likely N-dealkylation sites (N-methyl/N-ethyl adjacent to an activating group) is 2. The quantitative estimate of drug-likeness (QED) is 0.830. The van der Waals surface area contributed by atoms with Crippen molar-refractivity contribution in [3.63, 3.8) is 0 Å². The third kappa shape index (κ3) is 4.02. The van der Waals surface area contributed by atoms with Gasteiger partial charge in [0.15, 0.2) is 0 Å². The summed E-state index contributed by atoms with van der Waals surface area (Å²) in [4.78, 5) is 6.96. The van der Waals surface area contributed by atoms with Crippen molar-refractivity contribution in [2.45, 2.75) is 52.2 Å². The van der Waals surface area contributed by atoms with Gasteiger partial charge in [0.2, 0.25) is 11.7 Å². The Morgan fingerprint density at radius 3 is 2.86 bits per heavy atom. The van der Waals surface area contributed by atoms with Crippen molar-refractivity contribution in [3.8, 4) is 0 Å². The molecule has 21 heavy (non-hydrogen) atoms. The van der Waals surface area contributed by atoms with Gasteiger partial charge in [0, 0.05) is 19.1 Å². The molecule has 120 valence electrons. The van der Waals surface area contributed by atoms with Gasteiger partial charge in [-0.25, -0.2) is 0 Å². The van der Waals surface area contributed by atoms with Crippen LogP contribution in [0.25, 0.3) is 0 Å². The van der Waals surface area contributed by atoms with Gasteiger partial charge in [-0.2, -0.15) is 4.98 Å². The molecule has 1 aliphatic rings.